The normalized spacial score (nSPS) is 12.7. The van der Waals surface area contributed by atoms with Gasteiger partial charge < -0.3 is 4.74 Å². The molecule has 0 spiro atoms. The summed E-state index contributed by atoms with van der Waals surface area (Å²) in [5, 5.41) is -0.0704. The molecule has 0 fully saturated rings. The maximum atomic E-state index is 12.2. The molecule has 0 amide bonds. The lowest BCUT2D eigenvalue weighted by Gasteiger charge is -2.25. The van der Waals surface area contributed by atoms with Crippen molar-refractivity contribution in [3.05, 3.63) is 21.9 Å². The molecule has 0 unspecified atom stereocenters. The summed E-state index contributed by atoms with van der Waals surface area (Å²) in [5.41, 5.74) is -0.737. The van der Waals surface area contributed by atoms with E-state index in [-0.39, 0.29) is 16.7 Å². The van der Waals surface area contributed by atoms with E-state index in [1.165, 1.54) is 19.4 Å². The first-order valence-electron chi connectivity index (χ1n) is 5.02. The van der Waals surface area contributed by atoms with Crippen molar-refractivity contribution >= 4 is 37.6 Å². The van der Waals surface area contributed by atoms with Crippen LogP contribution in [-0.2, 0) is 14.8 Å². The summed E-state index contributed by atoms with van der Waals surface area (Å²) in [4.78, 5) is 3.72. The van der Waals surface area contributed by atoms with Crippen molar-refractivity contribution in [3.8, 4) is 0 Å². The van der Waals surface area contributed by atoms with Gasteiger partial charge >= 0.3 is 0 Å². The van der Waals surface area contributed by atoms with Crippen LogP contribution in [0.5, 0.6) is 0 Å². The van der Waals surface area contributed by atoms with Crippen molar-refractivity contribution in [2.45, 2.75) is 24.3 Å². The number of ether oxygens (including phenoxy) is 1. The zero-order valence-corrected chi connectivity index (χ0v) is 13.4. The molecule has 0 saturated carbocycles. The molecule has 1 N–H and O–H groups in total. The SMILES string of the molecule is COCC(C)(C)NS(=O)(=O)c1cc(Br)cnc1Cl. The third kappa shape index (κ3) is 4.17. The largest absolute Gasteiger partial charge is 0.383 e. The van der Waals surface area contributed by atoms with Crippen LogP contribution in [0.4, 0.5) is 0 Å². The lowest BCUT2D eigenvalue weighted by Crippen LogP contribution is -2.46. The van der Waals surface area contributed by atoms with Gasteiger partial charge in [-0.15, -0.1) is 0 Å². The van der Waals surface area contributed by atoms with Crippen molar-refractivity contribution < 1.29 is 13.2 Å². The molecule has 102 valence electrons. The number of nitrogens with zero attached hydrogens (tertiary/aromatic N) is 1. The molecule has 0 aromatic carbocycles. The van der Waals surface area contributed by atoms with E-state index in [2.05, 4.69) is 25.6 Å². The number of nitrogens with one attached hydrogen (secondary N) is 1. The summed E-state index contributed by atoms with van der Waals surface area (Å²) in [6, 6.07) is 1.40. The predicted octanol–water partition coefficient (Wildman–Crippen LogP) is 2.20. The van der Waals surface area contributed by atoms with Crippen LogP contribution in [0.2, 0.25) is 5.15 Å². The quantitative estimate of drug-likeness (QED) is 0.820. The van der Waals surface area contributed by atoms with Gasteiger partial charge in [0.15, 0.2) is 0 Å². The van der Waals surface area contributed by atoms with Crippen LogP contribution in [0.25, 0.3) is 0 Å². The minimum Gasteiger partial charge on any atom is -0.383 e. The van der Waals surface area contributed by atoms with Gasteiger partial charge in [0, 0.05) is 17.8 Å². The highest BCUT2D eigenvalue weighted by Gasteiger charge is 2.28. The fourth-order valence-electron chi connectivity index (χ4n) is 1.40. The van der Waals surface area contributed by atoms with E-state index in [4.69, 9.17) is 16.3 Å². The third-order valence-electron chi connectivity index (χ3n) is 1.98. The highest BCUT2D eigenvalue weighted by atomic mass is 79.9. The van der Waals surface area contributed by atoms with E-state index in [0.29, 0.717) is 4.47 Å². The van der Waals surface area contributed by atoms with Crippen molar-refractivity contribution in [1.29, 1.82) is 0 Å². The van der Waals surface area contributed by atoms with Gasteiger partial charge in [0.25, 0.3) is 0 Å². The summed E-state index contributed by atoms with van der Waals surface area (Å²) < 4.78 is 32.4. The fourth-order valence-corrected chi connectivity index (χ4v) is 3.75. The highest BCUT2D eigenvalue weighted by Crippen LogP contribution is 2.23. The summed E-state index contributed by atoms with van der Waals surface area (Å²) in [7, 11) is -2.24. The Balaban J connectivity index is 3.11. The lowest BCUT2D eigenvalue weighted by molar-refractivity contribution is 0.141. The molecule has 18 heavy (non-hydrogen) atoms. The molecule has 0 atom stereocenters. The minimum atomic E-state index is -3.75. The number of sulfonamides is 1. The molecule has 1 rings (SSSR count). The highest BCUT2D eigenvalue weighted by molar-refractivity contribution is 9.10. The zero-order chi connectivity index (χ0) is 14.0. The number of methoxy groups -OCH3 is 1. The van der Waals surface area contributed by atoms with Crippen LogP contribution < -0.4 is 4.72 Å². The molecule has 0 aliphatic rings. The number of hydrogen-bond donors (Lipinski definition) is 1. The van der Waals surface area contributed by atoms with Crippen molar-refractivity contribution in [2.24, 2.45) is 0 Å². The Morgan fingerprint density at radius 2 is 2.17 bits per heavy atom. The Morgan fingerprint density at radius 1 is 1.56 bits per heavy atom. The molecule has 1 aromatic heterocycles. The molecule has 0 radical (unpaired) electrons. The molecule has 1 heterocycles. The molecule has 0 bridgehead atoms. The summed E-state index contributed by atoms with van der Waals surface area (Å²) in [6.45, 7) is 3.67. The molecule has 0 aliphatic carbocycles. The maximum Gasteiger partial charge on any atom is 0.244 e. The first-order chi connectivity index (χ1) is 8.18. The van der Waals surface area contributed by atoms with Crippen LogP contribution >= 0.6 is 27.5 Å². The second-order valence-corrected chi connectivity index (χ2v) is 7.29. The maximum absolute atomic E-state index is 12.2. The average molecular weight is 358 g/mol. The van der Waals surface area contributed by atoms with Gasteiger partial charge in [-0.1, -0.05) is 11.6 Å². The Labute approximate surface area is 120 Å². The summed E-state index contributed by atoms with van der Waals surface area (Å²) >= 11 is 8.97. The summed E-state index contributed by atoms with van der Waals surface area (Å²) in [6.07, 6.45) is 1.43. The van der Waals surface area contributed by atoms with Gasteiger partial charge in [-0.3, -0.25) is 0 Å². The van der Waals surface area contributed by atoms with Gasteiger partial charge in [-0.25, -0.2) is 18.1 Å². The average Bonchev–Trinajstić information content (AvgIpc) is 2.19. The van der Waals surface area contributed by atoms with Gasteiger partial charge in [-0.05, 0) is 35.8 Å². The Morgan fingerprint density at radius 3 is 2.72 bits per heavy atom. The Hall–Kier alpha value is -0.210. The zero-order valence-electron chi connectivity index (χ0n) is 10.2. The van der Waals surface area contributed by atoms with Crippen LogP contribution in [-0.4, -0.2) is 32.7 Å². The first kappa shape index (κ1) is 15.8. The van der Waals surface area contributed by atoms with E-state index in [0.717, 1.165) is 0 Å². The second kappa shape index (κ2) is 5.83. The van der Waals surface area contributed by atoms with Crippen molar-refractivity contribution in [3.63, 3.8) is 0 Å². The van der Waals surface area contributed by atoms with Gasteiger partial charge in [-0.2, -0.15) is 0 Å². The van der Waals surface area contributed by atoms with Crippen molar-refractivity contribution in [2.75, 3.05) is 13.7 Å². The molecule has 0 saturated heterocycles. The fraction of sp³-hybridized carbons (Fsp3) is 0.500. The first-order valence-corrected chi connectivity index (χ1v) is 7.67. The van der Waals surface area contributed by atoms with E-state index < -0.39 is 15.6 Å². The number of pyridine rings is 1. The molecule has 5 nitrogen and oxygen atoms in total. The van der Waals surface area contributed by atoms with Gasteiger partial charge in [0.05, 0.1) is 12.1 Å². The van der Waals surface area contributed by atoms with Crippen LogP contribution in [0.1, 0.15) is 13.8 Å². The number of hydrogen-bond acceptors (Lipinski definition) is 4. The molecule has 1 aromatic rings. The van der Waals surface area contributed by atoms with Crippen LogP contribution in [0.15, 0.2) is 21.6 Å². The number of aromatic nitrogens is 1. The molecule has 8 heteroatoms. The van der Waals surface area contributed by atoms with Gasteiger partial charge in [0.1, 0.15) is 10.0 Å². The summed E-state index contributed by atoms with van der Waals surface area (Å²) in [5.74, 6) is 0. The lowest BCUT2D eigenvalue weighted by atomic mass is 10.1. The van der Waals surface area contributed by atoms with Crippen LogP contribution in [0, 0.1) is 0 Å². The van der Waals surface area contributed by atoms with E-state index in [1.54, 1.807) is 13.8 Å². The van der Waals surface area contributed by atoms with Crippen LogP contribution in [0.3, 0.4) is 0 Å². The Bertz CT molecular complexity index is 534. The van der Waals surface area contributed by atoms with E-state index >= 15 is 0 Å². The smallest absolute Gasteiger partial charge is 0.244 e. The van der Waals surface area contributed by atoms with Crippen molar-refractivity contribution in [1.82, 2.24) is 9.71 Å². The van der Waals surface area contributed by atoms with E-state index in [1.807, 2.05) is 0 Å². The number of rotatable bonds is 5. The molecular formula is C10H14BrClN2O3S. The predicted molar refractivity (Wildman–Crippen MR) is 73.2 cm³/mol. The van der Waals surface area contributed by atoms with Gasteiger partial charge in [0.2, 0.25) is 10.0 Å². The number of halogens is 2. The second-order valence-electron chi connectivity index (χ2n) is 4.36. The standard InChI is InChI=1S/C10H14BrClN2O3S/c1-10(2,6-17-3)14-18(15,16)8-4-7(11)5-13-9(8)12/h4-5,14H,6H2,1-3H3. The molecule has 0 aliphatic heterocycles. The third-order valence-corrected chi connectivity index (χ3v) is 4.54. The minimum absolute atomic E-state index is 0.0669. The molecular weight excluding hydrogens is 344 g/mol. The van der Waals surface area contributed by atoms with E-state index in [9.17, 15) is 8.42 Å². The Kier molecular flexibility index (Phi) is 5.13. The topological polar surface area (TPSA) is 68.3 Å². The monoisotopic (exact) mass is 356 g/mol.